The Morgan fingerprint density at radius 2 is 2.00 bits per heavy atom. The zero-order valence-electron chi connectivity index (χ0n) is 7.55. The standard InChI is InChI=1S/C8H13N2O2/c1-8(2,3)6-7(12)9-4-5(11)10-6/h6H,4H2,1-3H3,(H,10,11). The van der Waals surface area contributed by atoms with Crippen LogP contribution in [0.2, 0.25) is 0 Å². The van der Waals surface area contributed by atoms with Crippen LogP contribution in [0.4, 0.5) is 0 Å². The molecule has 1 aliphatic heterocycles. The lowest BCUT2D eigenvalue weighted by atomic mass is 9.85. The Morgan fingerprint density at radius 3 is 2.42 bits per heavy atom. The van der Waals surface area contributed by atoms with Crippen molar-refractivity contribution < 1.29 is 9.59 Å². The first-order valence-corrected chi connectivity index (χ1v) is 3.92. The van der Waals surface area contributed by atoms with Gasteiger partial charge in [0.15, 0.2) is 0 Å². The molecule has 0 aromatic heterocycles. The quantitative estimate of drug-likeness (QED) is 0.539. The van der Waals surface area contributed by atoms with Crippen molar-refractivity contribution in [3.63, 3.8) is 0 Å². The van der Waals surface area contributed by atoms with Gasteiger partial charge in [-0.05, 0) is 5.41 Å². The number of carbonyl (C=O) groups excluding carboxylic acids is 2. The SMILES string of the molecule is CC(C)(C)C1NC(=O)C[N]C1=O. The van der Waals surface area contributed by atoms with Crippen molar-refractivity contribution in [2.75, 3.05) is 6.54 Å². The maximum atomic E-state index is 11.2. The monoisotopic (exact) mass is 169 g/mol. The summed E-state index contributed by atoms with van der Waals surface area (Å²) in [7, 11) is 0. The Kier molecular flexibility index (Phi) is 2.08. The van der Waals surface area contributed by atoms with Crippen LogP contribution in [0.15, 0.2) is 0 Å². The third kappa shape index (κ3) is 1.75. The predicted octanol–water partition coefficient (Wildman–Crippen LogP) is -0.338. The van der Waals surface area contributed by atoms with Gasteiger partial charge in [0.05, 0.1) is 0 Å². The van der Waals surface area contributed by atoms with E-state index >= 15 is 0 Å². The maximum Gasteiger partial charge on any atom is 0.264 e. The molecule has 1 N–H and O–H groups in total. The van der Waals surface area contributed by atoms with Crippen LogP contribution < -0.4 is 10.6 Å². The van der Waals surface area contributed by atoms with Gasteiger partial charge >= 0.3 is 0 Å². The van der Waals surface area contributed by atoms with Crippen molar-refractivity contribution in [3.8, 4) is 0 Å². The smallest absolute Gasteiger partial charge is 0.264 e. The summed E-state index contributed by atoms with van der Waals surface area (Å²) >= 11 is 0. The number of amides is 2. The van der Waals surface area contributed by atoms with E-state index in [1.165, 1.54) is 0 Å². The van der Waals surface area contributed by atoms with E-state index in [0.717, 1.165) is 0 Å². The molecule has 4 nitrogen and oxygen atoms in total. The number of hydrogen-bond donors (Lipinski definition) is 1. The zero-order chi connectivity index (χ0) is 9.35. The fourth-order valence-corrected chi connectivity index (χ4v) is 1.10. The van der Waals surface area contributed by atoms with Crippen LogP contribution in [0.25, 0.3) is 0 Å². The maximum absolute atomic E-state index is 11.2. The molecule has 0 spiro atoms. The van der Waals surface area contributed by atoms with Crippen molar-refractivity contribution in [3.05, 3.63) is 0 Å². The average Bonchev–Trinajstić information content (AvgIpc) is 1.92. The first kappa shape index (κ1) is 9.03. The number of nitrogens with zero attached hydrogens (tertiary/aromatic N) is 1. The normalized spacial score (nSPS) is 24.8. The molecule has 1 rings (SSSR count). The van der Waals surface area contributed by atoms with E-state index in [4.69, 9.17) is 0 Å². The second-order valence-electron chi connectivity index (χ2n) is 4.02. The summed E-state index contributed by atoms with van der Waals surface area (Å²) in [5.74, 6) is -0.392. The second-order valence-corrected chi connectivity index (χ2v) is 4.02. The van der Waals surface area contributed by atoms with Crippen LogP contribution in [0.3, 0.4) is 0 Å². The minimum absolute atomic E-state index is 0.0224. The lowest BCUT2D eigenvalue weighted by Crippen LogP contribution is -2.58. The molecular formula is C8H13N2O2. The van der Waals surface area contributed by atoms with Gasteiger partial charge in [0.2, 0.25) is 5.91 Å². The fourth-order valence-electron chi connectivity index (χ4n) is 1.10. The van der Waals surface area contributed by atoms with Crippen LogP contribution in [-0.4, -0.2) is 24.4 Å². The van der Waals surface area contributed by atoms with Gasteiger partial charge < -0.3 is 5.32 Å². The molecule has 1 unspecified atom stereocenters. The second kappa shape index (κ2) is 2.77. The molecule has 4 heteroatoms. The Morgan fingerprint density at radius 1 is 1.42 bits per heavy atom. The third-order valence-electron chi connectivity index (χ3n) is 1.80. The topological polar surface area (TPSA) is 60.3 Å². The van der Waals surface area contributed by atoms with Gasteiger partial charge in [0.1, 0.15) is 12.6 Å². The molecule has 0 aromatic carbocycles. The van der Waals surface area contributed by atoms with Gasteiger partial charge in [-0.25, -0.2) is 5.32 Å². The highest BCUT2D eigenvalue weighted by molar-refractivity contribution is 5.94. The van der Waals surface area contributed by atoms with Crippen LogP contribution in [0.1, 0.15) is 20.8 Å². The molecule has 0 bridgehead atoms. The summed E-state index contributed by atoms with van der Waals surface area (Å²) in [4.78, 5) is 22.1. The van der Waals surface area contributed by atoms with Gasteiger partial charge in [-0.1, -0.05) is 20.8 Å². The largest absolute Gasteiger partial charge is 0.342 e. The third-order valence-corrected chi connectivity index (χ3v) is 1.80. The molecule has 1 saturated heterocycles. The number of rotatable bonds is 0. The molecule has 1 heterocycles. The summed E-state index contributed by atoms with van der Waals surface area (Å²) in [5.41, 5.74) is -0.253. The molecule has 67 valence electrons. The summed E-state index contributed by atoms with van der Waals surface area (Å²) in [6.45, 7) is 5.68. The van der Waals surface area contributed by atoms with Crippen molar-refractivity contribution in [2.45, 2.75) is 26.8 Å². The van der Waals surface area contributed by atoms with E-state index in [0.29, 0.717) is 0 Å². The summed E-state index contributed by atoms with van der Waals surface area (Å²) < 4.78 is 0. The molecule has 0 aromatic rings. The summed E-state index contributed by atoms with van der Waals surface area (Å²) in [5, 5.41) is 6.23. The van der Waals surface area contributed by atoms with Gasteiger partial charge in [0, 0.05) is 0 Å². The van der Waals surface area contributed by atoms with E-state index in [1.807, 2.05) is 20.8 Å². The molecule has 1 radical (unpaired) electrons. The average molecular weight is 169 g/mol. The van der Waals surface area contributed by atoms with E-state index in [2.05, 4.69) is 10.6 Å². The lowest BCUT2D eigenvalue weighted by Gasteiger charge is -2.32. The van der Waals surface area contributed by atoms with Crippen molar-refractivity contribution >= 4 is 11.8 Å². The van der Waals surface area contributed by atoms with Crippen LogP contribution >= 0.6 is 0 Å². The van der Waals surface area contributed by atoms with Crippen molar-refractivity contribution in [1.82, 2.24) is 10.6 Å². The van der Waals surface area contributed by atoms with Gasteiger partial charge in [-0.3, -0.25) is 9.59 Å². The first-order valence-electron chi connectivity index (χ1n) is 3.92. The molecule has 2 amide bonds. The van der Waals surface area contributed by atoms with E-state index in [-0.39, 0.29) is 23.8 Å². The number of carbonyl (C=O) groups is 2. The Labute approximate surface area is 71.7 Å². The predicted molar refractivity (Wildman–Crippen MR) is 43.4 cm³/mol. The highest BCUT2D eigenvalue weighted by Gasteiger charge is 2.36. The molecule has 1 fully saturated rings. The lowest BCUT2D eigenvalue weighted by molar-refractivity contribution is -0.136. The first-order chi connectivity index (χ1) is 5.41. The summed E-state index contributed by atoms with van der Waals surface area (Å²) in [6.07, 6.45) is 0. The highest BCUT2D eigenvalue weighted by atomic mass is 16.2. The van der Waals surface area contributed by atoms with Gasteiger partial charge in [-0.15, -0.1) is 0 Å². The number of nitrogens with one attached hydrogen (secondary N) is 1. The van der Waals surface area contributed by atoms with E-state index < -0.39 is 6.04 Å². The zero-order valence-corrected chi connectivity index (χ0v) is 7.55. The molecule has 0 aliphatic carbocycles. The van der Waals surface area contributed by atoms with E-state index in [1.54, 1.807) is 0 Å². The molecular weight excluding hydrogens is 156 g/mol. The minimum atomic E-state index is -0.459. The Hall–Kier alpha value is -1.06. The van der Waals surface area contributed by atoms with Gasteiger partial charge in [0.25, 0.3) is 5.91 Å². The van der Waals surface area contributed by atoms with Crippen LogP contribution in [-0.2, 0) is 9.59 Å². The Balaban J connectivity index is 2.74. The molecule has 1 aliphatic rings. The van der Waals surface area contributed by atoms with E-state index in [9.17, 15) is 9.59 Å². The minimum Gasteiger partial charge on any atom is -0.342 e. The fraction of sp³-hybridized carbons (Fsp3) is 0.750. The Bertz CT molecular complexity index is 218. The summed E-state index contributed by atoms with van der Waals surface area (Å²) in [6, 6.07) is -0.459. The van der Waals surface area contributed by atoms with Crippen molar-refractivity contribution in [2.24, 2.45) is 5.41 Å². The highest BCUT2D eigenvalue weighted by Crippen LogP contribution is 2.20. The number of piperazine rings is 1. The van der Waals surface area contributed by atoms with Crippen LogP contribution in [0.5, 0.6) is 0 Å². The van der Waals surface area contributed by atoms with Gasteiger partial charge in [-0.2, -0.15) is 0 Å². The van der Waals surface area contributed by atoms with Crippen LogP contribution in [0, 0.1) is 5.41 Å². The number of hydrogen-bond acceptors (Lipinski definition) is 2. The van der Waals surface area contributed by atoms with Crippen molar-refractivity contribution in [1.29, 1.82) is 0 Å². The molecule has 0 saturated carbocycles. The molecule has 1 atom stereocenters. The molecule has 12 heavy (non-hydrogen) atoms.